The molecule has 2 aliphatic rings. The Kier molecular flexibility index (Phi) is 4.76. The maximum Gasteiger partial charge on any atom is 0.178 e. The number of ether oxygens (including phenoxy) is 1. The van der Waals surface area contributed by atoms with Gasteiger partial charge in [-0.1, -0.05) is 0 Å². The average Bonchev–Trinajstić information content (AvgIpc) is 3.30. The van der Waals surface area contributed by atoms with Gasteiger partial charge in [-0.3, -0.25) is 4.79 Å². The fourth-order valence-electron chi connectivity index (χ4n) is 2.64. The van der Waals surface area contributed by atoms with Gasteiger partial charge in [0.1, 0.15) is 5.00 Å². The Bertz CT molecular complexity index is 520. The van der Waals surface area contributed by atoms with E-state index in [4.69, 9.17) is 10.5 Å². The van der Waals surface area contributed by atoms with E-state index in [9.17, 15) is 4.79 Å². The van der Waals surface area contributed by atoms with Gasteiger partial charge in [0.25, 0.3) is 0 Å². The monoisotopic (exact) mass is 326 g/mol. The molecule has 2 fully saturated rings. The molecule has 2 heterocycles. The number of hydrogen-bond donors (Lipinski definition) is 2. The van der Waals surface area contributed by atoms with Crippen LogP contribution in [0.2, 0.25) is 0 Å². The number of rotatable bonds is 6. The molecule has 1 aliphatic heterocycles. The molecule has 1 aliphatic carbocycles. The standard InChI is InChI=1S/C15H22N2O2S2/c1-20-14-11(16)13(12(18)9-5-6-9)21-15(14)17-8-10-4-2-3-7-19-10/h9-10,17H,2-8,16H2,1H3. The number of thioether (sulfide) groups is 1. The molecule has 1 atom stereocenters. The molecule has 1 saturated carbocycles. The summed E-state index contributed by atoms with van der Waals surface area (Å²) in [6, 6.07) is 0. The van der Waals surface area contributed by atoms with Crippen molar-refractivity contribution in [2.45, 2.75) is 43.1 Å². The number of carbonyl (C=O) groups excluding carboxylic acids is 1. The van der Waals surface area contributed by atoms with Crippen LogP contribution in [0.5, 0.6) is 0 Å². The Hall–Kier alpha value is -0.720. The molecule has 0 radical (unpaired) electrons. The Labute approximate surface area is 133 Å². The smallest absolute Gasteiger partial charge is 0.178 e. The van der Waals surface area contributed by atoms with Gasteiger partial charge in [-0.2, -0.15) is 0 Å². The van der Waals surface area contributed by atoms with Crippen molar-refractivity contribution in [1.29, 1.82) is 0 Å². The second-order valence-corrected chi connectivity index (χ2v) is 7.55. The summed E-state index contributed by atoms with van der Waals surface area (Å²) in [7, 11) is 0. The third kappa shape index (κ3) is 3.38. The minimum absolute atomic E-state index is 0.218. The number of hydrogen-bond acceptors (Lipinski definition) is 6. The molecule has 4 nitrogen and oxygen atoms in total. The van der Waals surface area contributed by atoms with Gasteiger partial charge in [0, 0.05) is 19.1 Å². The first-order valence-corrected chi connectivity index (χ1v) is 9.60. The van der Waals surface area contributed by atoms with E-state index in [2.05, 4.69) is 5.32 Å². The lowest BCUT2D eigenvalue weighted by atomic mass is 10.1. The number of carbonyl (C=O) groups is 1. The molecule has 3 N–H and O–H groups in total. The summed E-state index contributed by atoms with van der Waals surface area (Å²) < 4.78 is 5.74. The van der Waals surface area contributed by atoms with Crippen LogP contribution in [-0.2, 0) is 4.74 Å². The first-order chi connectivity index (χ1) is 10.2. The van der Waals surface area contributed by atoms with Crippen LogP contribution < -0.4 is 11.1 Å². The van der Waals surface area contributed by atoms with Crippen LogP contribution in [0, 0.1) is 5.92 Å². The SMILES string of the molecule is CSc1c(NCC2CCCCO2)sc(C(=O)C2CC2)c1N. The van der Waals surface area contributed by atoms with Crippen LogP contribution in [0.4, 0.5) is 10.7 Å². The zero-order chi connectivity index (χ0) is 14.8. The topological polar surface area (TPSA) is 64.3 Å². The van der Waals surface area contributed by atoms with Crippen LogP contribution in [0.15, 0.2) is 4.90 Å². The molecular formula is C15H22N2O2S2. The van der Waals surface area contributed by atoms with Crippen LogP contribution in [0.25, 0.3) is 0 Å². The molecule has 1 unspecified atom stereocenters. The molecular weight excluding hydrogens is 304 g/mol. The fourth-order valence-corrected chi connectivity index (χ4v) is 4.70. The van der Waals surface area contributed by atoms with Gasteiger partial charge in [0.2, 0.25) is 0 Å². The number of ketones is 1. The van der Waals surface area contributed by atoms with Crippen molar-refractivity contribution in [3.8, 4) is 0 Å². The van der Waals surface area contributed by atoms with Crippen molar-refractivity contribution in [3.05, 3.63) is 4.88 Å². The molecule has 0 amide bonds. The molecule has 1 saturated heterocycles. The lowest BCUT2D eigenvalue weighted by Crippen LogP contribution is -2.26. The number of nitrogen functional groups attached to an aromatic ring is 1. The van der Waals surface area contributed by atoms with E-state index in [-0.39, 0.29) is 17.8 Å². The zero-order valence-electron chi connectivity index (χ0n) is 12.3. The van der Waals surface area contributed by atoms with E-state index in [0.717, 1.165) is 47.2 Å². The van der Waals surface area contributed by atoms with Gasteiger partial charge in [-0.15, -0.1) is 23.1 Å². The first kappa shape index (κ1) is 15.2. The number of nitrogens with one attached hydrogen (secondary N) is 1. The van der Waals surface area contributed by atoms with Crippen molar-refractivity contribution in [2.75, 3.05) is 30.5 Å². The summed E-state index contributed by atoms with van der Waals surface area (Å²) in [5, 5.41) is 4.48. The Morgan fingerprint density at radius 2 is 2.24 bits per heavy atom. The van der Waals surface area contributed by atoms with Crippen LogP contribution in [0.3, 0.4) is 0 Å². The molecule has 1 aromatic rings. The van der Waals surface area contributed by atoms with E-state index in [0.29, 0.717) is 5.69 Å². The fraction of sp³-hybridized carbons (Fsp3) is 0.667. The summed E-state index contributed by atoms with van der Waals surface area (Å²) in [4.78, 5) is 14.0. The lowest BCUT2D eigenvalue weighted by Gasteiger charge is -2.23. The average molecular weight is 326 g/mol. The second kappa shape index (κ2) is 6.58. The first-order valence-electron chi connectivity index (χ1n) is 7.56. The Balaban J connectivity index is 1.71. The van der Waals surface area contributed by atoms with E-state index in [1.54, 1.807) is 11.8 Å². The van der Waals surface area contributed by atoms with Crippen molar-refractivity contribution < 1.29 is 9.53 Å². The van der Waals surface area contributed by atoms with E-state index >= 15 is 0 Å². The summed E-state index contributed by atoms with van der Waals surface area (Å²) in [6.07, 6.45) is 7.83. The number of thiophene rings is 1. The van der Waals surface area contributed by atoms with E-state index < -0.39 is 0 Å². The highest BCUT2D eigenvalue weighted by molar-refractivity contribution is 7.99. The third-order valence-electron chi connectivity index (χ3n) is 4.04. The molecule has 1 aromatic heterocycles. The number of nitrogens with two attached hydrogens (primary N) is 1. The normalized spacial score (nSPS) is 22.2. The molecule has 116 valence electrons. The Morgan fingerprint density at radius 3 is 2.86 bits per heavy atom. The predicted octanol–water partition coefficient (Wildman–Crippen LogP) is 3.63. The second-order valence-electron chi connectivity index (χ2n) is 5.72. The molecule has 0 spiro atoms. The molecule has 3 rings (SSSR count). The predicted molar refractivity (Wildman–Crippen MR) is 89.6 cm³/mol. The van der Waals surface area contributed by atoms with E-state index in [1.165, 1.54) is 24.2 Å². The van der Waals surface area contributed by atoms with Crippen molar-refractivity contribution >= 4 is 39.6 Å². The van der Waals surface area contributed by atoms with Gasteiger partial charge in [0.05, 0.1) is 21.6 Å². The maximum absolute atomic E-state index is 12.3. The highest BCUT2D eigenvalue weighted by atomic mass is 32.2. The van der Waals surface area contributed by atoms with Gasteiger partial charge < -0.3 is 15.8 Å². The molecule has 0 bridgehead atoms. The molecule has 21 heavy (non-hydrogen) atoms. The van der Waals surface area contributed by atoms with E-state index in [1.807, 2.05) is 6.26 Å². The zero-order valence-corrected chi connectivity index (χ0v) is 13.9. The van der Waals surface area contributed by atoms with Crippen LogP contribution in [0.1, 0.15) is 41.8 Å². The molecule has 6 heteroatoms. The minimum atomic E-state index is 0.218. The Morgan fingerprint density at radius 1 is 1.43 bits per heavy atom. The van der Waals surface area contributed by atoms with Crippen LogP contribution in [-0.4, -0.2) is 31.3 Å². The van der Waals surface area contributed by atoms with Crippen molar-refractivity contribution in [2.24, 2.45) is 5.92 Å². The van der Waals surface area contributed by atoms with Gasteiger partial charge >= 0.3 is 0 Å². The highest BCUT2D eigenvalue weighted by Gasteiger charge is 2.34. The van der Waals surface area contributed by atoms with Crippen molar-refractivity contribution in [1.82, 2.24) is 0 Å². The number of Topliss-reactive ketones (excluding diaryl/α,β-unsaturated/α-hetero) is 1. The third-order valence-corrected chi connectivity index (χ3v) is 6.18. The van der Waals surface area contributed by atoms with Crippen LogP contribution >= 0.6 is 23.1 Å². The summed E-state index contributed by atoms with van der Waals surface area (Å²) in [6.45, 7) is 1.66. The van der Waals surface area contributed by atoms with Gasteiger partial charge in [-0.05, 0) is 38.4 Å². The maximum atomic E-state index is 12.3. The highest BCUT2D eigenvalue weighted by Crippen LogP contribution is 2.45. The largest absolute Gasteiger partial charge is 0.396 e. The van der Waals surface area contributed by atoms with Gasteiger partial charge in [0.15, 0.2) is 5.78 Å². The summed E-state index contributed by atoms with van der Waals surface area (Å²) in [5.41, 5.74) is 6.85. The minimum Gasteiger partial charge on any atom is -0.396 e. The van der Waals surface area contributed by atoms with Crippen molar-refractivity contribution in [3.63, 3.8) is 0 Å². The summed E-state index contributed by atoms with van der Waals surface area (Å²) in [5.74, 6) is 0.449. The van der Waals surface area contributed by atoms with Gasteiger partial charge in [-0.25, -0.2) is 0 Å². The number of anilines is 2. The lowest BCUT2D eigenvalue weighted by molar-refractivity contribution is 0.0248. The quantitative estimate of drug-likeness (QED) is 0.617. The molecule has 0 aromatic carbocycles. The summed E-state index contributed by atoms with van der Waals surface area (Å²) >= 11 is 3.12.